The van der Waals surface area contributed by atoms with E-state index in [-0.39, 0.29) is 0 Å². The maximum atomic E-state index is 5.85. The number of furan rings is 1. The van der Waals surface area contributed by atoms with Crippen LogP contribution in [0.3, 0.4) is 0 Å². The molecule has 0 aliphatic heterocycles. The Hall–Kier alpha value is -0.840. The van der Waals surface area contributed by atoms with Gasteiger partial charge >= 0.3 is 0 Å². The van der Waals surface area contributed by atoms with Crippen LogP contribution in [0.2, 0.25) is 0 Å². The van der Waals surface area contributed by atoms with Crippen LogP contribution in [0, 0.1) is 0 Å². The quantitative estimate of drug-likeness (QED) is 0.662. The lowest BCUT2D eigenvalue weighted by atomic mass is 10.3. The summed E-state index contributed by atoms with van der Waals surface area (Å²) < 4.78 is 11.0. The van der Waals surface area contributed by atoms with E-state index in [1.54, 1.807) is 7.11 Å². The van der Waals surface area contributed by atoms with Gasteiger partial charge in [0, 0.05) is 19.7 Å². The molecule has 0 spiro atoms. The summed E-state index contributed by atoms with van der Waals surface area (Å²) in [6.45, 7) is 10.9. The van der Waals surface area contributed by atoms with Gasteiger partial charge in [-0.15, -0.1) is 0 Å². The van der Waals surface area contributed by atoms with Crippen molar-refractivity contribution in [3.8, 4) is 0 Å². The summed E-state index contributed by atoms with van der Waals surface area (Å²) in [7, 11) is 1.74. The van der Waals surface area contributed by atoms with Crippen LogP contribution < -0.4 is 5.32 Å². The monoisotopic (exact) mass is 268 g/mol. The molecule has 1 aromatic rings. The van der Waals surface area contributed by atoms with E-state index in [4.69, 9.17) is 9.15 Å². The zero-order chi connectivity index (χ0) is 14.1. The fraction of sp³-hybridized carbons (Fsp3) is 0.733. The van der Waals surface area contributed by atoms with Crippen molar-refractivity contribution < 1.29 is 9.15 Å². The second kappa shape index (κ2) is 9.13. The highest BCUT2D eigenvalue weighted by Crippen LogP contribution is 2.12. The molecular weight excluding hydrogens is 240 g/mol. The van der Waals surface area contributed by atoms with Crippen LogP contribution in [0.15, 0.2) is 16.5 Å². The molecule has 1 aromatic heterocycles. The Morgan fingerprint density at radius 1 is 1.32 bits per heavy atom. The summed E-state index contributed by atoms with van der Waals surface area (Å²) in [5, 5.41) is 3.35. The minimum absolute atomic E-state index is 0.488. The van der Waals surface area contributed by atoms with Crippen molar-refractivity contribution in [2.24, 2.45) is 0 Å². The van der Waals surface area contributed by atoms with Gasteiger partial charge in [-0.1, -0.05) is 6.92 Å². The molecule has 0 unspecified atom stereocenters. The second-order valence-electron chi connectivity index (χ2n) is 5.10. The Labute approximate surface area is 117 Å². The molecule has 0 radical (unpaired) electrons. The first kappa shape index (κ1) is 16.2. The molecule has 0 amide bonds. The number of nitrogens with one attached hydrogen (secondary N) is 1. The van der Waals surface area contributed by atoms with E-state index in [1.165, 1.54) is 0 Å². The normalized spacial score (nSPS) is 11.7. The van der Waals surface area contributed by atoms with Crippen molar-refractivity contribution in [1.82, 2.24) is 10.2 Å². The molecule has 110 valence electrons. The molecule has 0 aromatic carbocycles. The highest BCUT2D eigenvalue weighted by molar-refractivity contribution is 5.07. The highest BCUT2D eigenvalue weighted by Gasteiger charge is 2.12. The molecule has 19 heavy (non-hydrogen) atoms. The summed E-state index contributed by atoms with van der Waals surface area (Å²) in [6.07, 6.45) is 1.14. The van der Waals surface area contributed by atoms with E-state index in [0.717, 1.165) is 50.7 Å². The highest BCUT2D eigenvalue weighted by atomic mass is 16.5. The van der Waals surface area contributed by atoms with Crippen molar-refractivity contribution in [3.05, 3.63) is 23.7 Å². The summed E-state index contributed by atoms with van der Waals surface area (Å²) in [4.78, 5) is 2.35. The fourth-order valence-electron chi connectivity index (χ4n) is 1.92. The zero-order valence-corrected chi connectivity index (χ0v) is 12.7. The number of hydrogen-bond acceptors (Lipinski definition) is 4. The molecule has 0 bridgehead atoms. The summed E-state index contributed by atoms with van der Waals surface area (Å²) in [6, 6.07) is 4.62. The van der Waals surface area contributed by atoms with E-state index < -0.39 is 0 Å². The summed E-state index contributed by atoms with van der Waals surface area (Å²) in [5.74, 6) is 2.04. The Kier molecular flexibility index (Phi) is 7.79. The van der Waals surface area contributed by atoms with Crippen LogP contribution in [0.4, 0.5) is 0 Å². The molecule has 1 heterocycles. The lowest BCUT2D eigenvalue weighted by Crippen LogP contribution is -2.33. The van der Waals surface area contributed by atoms with Crippen LogP contribution in [0.5, 0.6) is 0 Å². The molecule has 4 heteroatoms. The van der Waals surface area contributed by atoms with Gasteiger partial charge in [-0.05, 0) is 38.9 Å². The van der Waals surface area contributed by atoms with Crippen LogP contribution in [0.1, 0.15) is 38.7 Å². The van der Waals surface area contributed by atoms with Crippen LogP contribution in [-0.4, -0.2) is 37.7 Å². The average Bonchev–Trinajstić information content (AvgIpc) is 2.82. The van der Waals surface area contributed by atoms with E-state index in [1.807, 2.05) is 0 Å². The van der Waals surface area contributed by atoms with Gasteiger partial charge in [0.2, 0.25) is 0 Å². The van der Waals surface area contributed by atoms with Crippen LogP contribution in [0.25, 0.3) is 0 Å². The van der Waals surface area contributed by atoms with Gasteiger partial charge in [-0.2, -0.15) is 0 Å². The molecule has 4 nitrogen and oxygen atoms in total. The van der Waals surface area contributed by atoms with E-state index >= 15 is 0 Å². The first-order valence-electron chi connectivity index (χ1n) is 7.18. The number of methoxy groups -OCH3 is 1. The predicted octanol–water partition coefficient (Wildman–Crippen LogP) is 2.64. The van der Waals surface area contributed by atoms with Gasteiger partial charge in [0.25, 0.3) is 0 Å². The van der Waals surface area contributed by atoms with E-state index in [0.29, 0.717) is 6.04 Å². The van der Waals surface area contributed by atoms with Gasteiger partial charge in [0.05, 0.1) is 19.7 Å². The minimum Gasteiger partial charge on any atom is -0.463 e. The molecule has 0 fully saturated rings. The molecule has 1 rings (SSSR count). The summed E-state index contributed by atoms with van der Waals surface area (Å²) >= 11 is 0. The number of hydrogen-bond donors (Lipinski definition) is 1. The molecule has 0 saturated heterocycles. The molecular formula is C15H28N2O2. The lowest BCUT2D eigenvalue weighted by molar-refractivity contribution is 0.119. The number of nitrogens with zero attached hydrogens (tertiary/aromatic N) is 1. The molecule has 0 saturated carbocycles. The van der Waals surface area contributed by atoms with Crippen molar-refractivity contribution in [2.75, 3.05) is 26.8 Å². The smallest absolute Gasteiger partial charge is 0.118 e. The van der Waals surface area contributed by atoms with Crippen LogP contribution in [-0.2, 0) is 17.8 Å². The Bertz CT molecular complexity index is 337. The van der Waals surface area contributed by atoms with E-state index in [9.17, 15) is 0 Å². The zero-order valence-electron chi connectivity index (χ0n) is 12.7. The molecule has 1 N–H and O–H groups in total. The van der Waals surface area contributed by atoms with Gasteiger partial charge < -0.3 is 14.5 Å². The predicted molar refractivity (Wildman–Crippen MR) is 78.1 cm³/mol. The van der Waals surface area contributed by atoms with Crippen molar-refractivity contribution >= 4 is 0 Å². The maximum absolute atomic E-state index is 5.85. The minimum atomic E-state index is 0.488. The average molecular weight is 268 g/mol. The number of ether oxygens (including phenoxy) is 1. The van der Waals surface area contributed by atoms with Gasteiger partial charge in [-0.3, -0.25) is 4.90 Å². The van der Waals surface area contributed by atoms with Crippen LogP contribution >= 0.6 is 0 Å². The lowest BCUT2D eigenvalue weighted by Gasteiger charge is -2.24. The Balaban J connectivity index is 2.45. The van der Waals surface area contributed by atoms with Gasteiger partial charge in [0.1, 0.15) is 11.5 Å². The fourth-order valence-corrected chi connectivity index (χ4v) is 1.92. The summed E-state index contributed by atoms with van der Waals surface area (Å²) in [5.41, 5.74) is 0. The second-order valence-corrected chi connectivity index (χ2v) is 5.10. The Morgan fingerprint density at radius 2 is 2.05 bits per heavy atom. The maximum Gasteiger partial charge on any atom is 0.118 e. The third-order valence-electron chi connectivity index (χ3n) is 3.12. The largest absolute Gasteiger partial charge is 0.463 e. The molecule has 0 aliphatic rings. The molecule has 0 atom stereocenters. The Morgan fingerprint density at radius 3 is 2.68 bits per heavy atom. The van der Waals surface area contributed by atoms with Gasteiger partial charge in [0.15, 0.2) is 0 Å². The van der Waals surface area contributed by atoms with Crippen molar-refractivity contribution in [3.63, 3.8) is 0 Å². The third-order valence-corrected chi connectivity index (χ3v) is 3.12. The first-order chi connectivity index (χ1) is 9.17. The SMILES string of the molecule is CCCNCc1ccc(CN(CCOC)C(C)C)o1. The van der Waals surface area contributed by atoms with Crippen molar-refractivity contribution in [1.29, 1.82) is 0 Å². The first-order valence-corrected chi connectivity index (χ1v) is 7.18. The molecule has 0 aliphatic carbocycles. The number of rotatable bonds is 10. The van der Waals surface area contributed by atoms with Crippen molar-refractivity contribution in [2.45, 2.75) is 46.3 Å². The standard InChI is InChI=1S/C15H28N2O2/c1-5-8-16-11-14-6-7-15(19-14)12-17(13(2)3)9-10-18-4/h6-7,13,16H,5,8-12H2,1-4H3. The topological polar surface area (TPSA) is 37.6 Å². The van der Waals surface area contributed by atoms with Gasteiger partial charge in [-0.25, -0.2) is 0 Å². The van der Waals surface area contributed by atoms with E-state index in [2.05, 4.69) is 43.1 Å². The third kappa shape index (κ3) is 6.23.